The minimum absolute atomic E-state index is 0.0570. The molecule has 22 heavy (non-hydrogen) atoms. The molecule has 6 heteroatoms. The van der Waals surface area contributed by atoms with Crippen molar-refractivity contribution < 1.29 is 19.7 Å². The minimum Gasteiger partial charge on any atom is -0.465 e. The molecule has 1 amide bonds. The molecule has 122 valence electrons. The summed E-state index contributed by atoms with van der Waals surface area (Å²) in [6.07, 6.45) is 0.606. The van der Waals surface area contributed by atoms with Crippen LogP contribution < -0.4 is 0 Å². The van der Waals surface area contributed by atoms with E-state index in [1.165, 1.54) is 4.90 Å². The van der Waals surface area contributed by atoms with Crippen molar-refractivity contribution in [3.63, 3.8) is 0 Å². The minimum atomic E-state index is -0.890. The molecule has 1 aliphatic heterocycles. The number of halogens is 1. The number of likely N-dealkylation sites (tertiary alicyclic amines) is 1. The highest BCUT2D eigenvalue weighted by Gasteiger charge is 2.31. The second-order valence-electron chi connectivity index (χ2n) is 5.65. The third-order valence-electron chi connectivity index (χ3n) is 4.08. The number of nitrogens with zero attached hydrogens (tertiary/aromatic N) is 1. The monoisotopic (exact) mass is 327 g/mol. The number of amides is 1. The number of rotatable bonds is 5. The molecule has 1 fully saturated rings. The van der Waals surface area contributed by atoms with Gasteiger partial charge in [-0.1, -0.05) is 17.7 Å². The van der Waals surface area contributed by atoms with Gasteiger partial charge in [0.05, 0.1) is 19.3 Å². The van der Waals surface area contributed by atoms with Gasteiger partial charge in [0.2, 0.25) is 0 Å². The lowest BCUT2D eigenvalue weighted by atomic mass is 9.87. The summed E-state index contributed by atoms with van der Waals surface area (Å²) in [7, 11) is 0. The van der Waals surface area contributed by atoms with Crippen LogP contribution in [0.5, 0.6) is 0 Å². The van der Waals surface area contributed by atoms with Crippen molar-refractivity contribution in [3.8, 4) is 0 Å². The fourth-order valence-electron chi connectivity index (χ4n) is 3.05. The summed E-state index contributed by atoms with van der Waals surface area (Å²) in [5.74, 6) is 0.0799. The van der Waals surface area contributed by atoms with E-state index in [9.17, 15) is 9.90 Å². The highest BCUT2D eigenvalue weighted by atomic mass is 35.5. The number of ether oxygens (including phenoxy) is 1. The Morgan fingerprint density at radius 3 is 2.95 bits per heavy atom. The Morgan fingerprint density at radius 2 is 2.32 bits per heavy atom. The molecule has 0 saturated carbocycles. The second-order valence-corrected chi connectivity index (χ2v) is 6.08. The molecule has 1 aromatic carbocycles. The number of aliphatic hydroxyl groups excluding tert-OH is 1. The lowest BCUT2D eigenvalue weighted by Crippen LogP contribution is -2.41. The first-order valence-electron chi connectivity index (χ1n) is 7.49. The van der Waals surface area contributed by atoms with Crippen LogP contribution in [0.25, 0.3) is 0 Å². The average Bonchev–Trinajstić information content (AvgIpc) is 2.49. The van der Waals surface area contributed by atoms with E-state index in [-0.39, 0.29) is 25.2 Å². The molecular weight excluding hydrogens is 306 g/mol. The largest absolute Gasteiger partial charge is 0.465 e. The standard InChI is InChI=1S/C16H22ClNO4/c1-11-9-13(17)4-5-14(11)15(22-8-7-19)12-3-2-6-18(10-12)16(20)21/h4-5,9,12,15,19H,2-3,6-8,10H2,1H3,(H,20,21)/t12?,15-/m1/s1. The van der Waals surface area contributed by atoms with Crippen molar-refractivity contribution in [2.24, 2.45) is 5.92 Å². The number of hydrogen-bond donors (Lipinski definition) is 2. The lowest BCUT2D eigenvalue weighted by Gasteiger charge is -2.36. The zero-order valence-electron chi connectivity index (χ0n) is 12.7. The van der Waals surface area contributed by atoms with Gasteiger partial charge in [-0.25, -0.2) is 4.79 Å². The maximum Gasteiger partial charge on any atom is 0.407 e. The number of carbonyl (C=O) groups is 1. The van der Waals surface area contributed by atoms with Crippen LogP contribution in [0.4, 0.5) is 4.79 Å². The molecule has 1 heterocycles. The Labute approximate surface area is 135 Å². The lowest BCUT2D eigenvalue weighted by molar-refractivity contribution is -0.0265. The Kier molecular flexibility index (Phi) is 6.06. The molecule has 1 saturated heterocycles. The summed E-state index contributed by atoms with van der Waals surface area (Å²) in [5, 5.41) is 18.9. The second kappa shape index (κ2) is 7.81. The van der Waals surface area contributed by atoms with Crippen LogP contribution in [-0.4, -0.2) is 47.5 Å². The molecule has 0 bridgehead atoms. The van der Waals surface area contributed by atoms with Gasteiger partial charge in [-0.3, -0.25) is 0 Å². The van der Waals surface area contributed by atoms with E-state index in [0.29, 0.717) is 18.1 Å². The van der Waals surface area contributed by atoms with Crippen molar-refractivity contribution in [1.29, 1.82) is 0 Å². The number of aliphatic hydroxyl groups is 1. The van der Waals surface area contributed by atoms with Crippen molar-refractivity contribution in [2.45, 2.75) is 25.9 Å². The van der Waals surface area contributed by atoms with E-state index >= 15 is 0 Å². The Bertz CT molecular complexity index is 523. The van der Waals surface area contributed by atoms with Crippen LogP contribution in [0.1, 0.15) is 30.1 Å². The smallest absolute Gasteiger partial charge is 0.407 e. The molecule has 2 N–H and O–H groups in total. The van der Waals surface area contributed by atoms with E-state index in [0.717, 1.165) is 24.0 Å². The summed E-state index contributed by atoms with van der Waals surface area (Å²) >= 11 is 6.01. The fraction of sp³-hybridized carbons (Fsp3) is 0.562. The first kappa shape index (κ1) is 17.1. The number of piperidine rings is 1. The van der Waals surface area contributed by atoms with Gasteiger partial charge in [-0.05, 0) is 43.0 Å². The van der Waals surface area contributed by atoms with E-state index in [1.54, 1.807) is 0 Å². The molecular formula is C16H22ClNO4. The molecule has 2 rings (SSSR count). The van der Waals surface area contributed by atoms with E-state index < -0.39 is 6.09 Å². The molecule has 0 spiro atoms. The molecule has 0 aliphatic carbocycles. The molecule has 1 aromatic rings. The summed E-state index contributed by atoms with van der Waals surface area (Å²) in [5.41, 5.74) is 2.03. The van der Waals surface area contributed by atoms with E-state index in [2.05, 4.69) is 0 Å². The first-order valence-corrected chi connectivity index (χ1v) is 7.87. The number of aryl methyl sites for hydroxylation is 1. The van der Waals surface area contributed by atoms with Crippen LogP contribution in [0.2, 0.25) is 5.02 Å². The normalized spacial score (nSPS) is 20.0. The summed E-state index contributed by atoms with van der Waals surface area (Å²) < 4.78 is 5.85. The fourth-order valence-corrected chi connectivity index (χ4v) is 3.28. The molecule has 5 nitrogen and oxygen atoms in total. The van der Waals surface area contributed by atoms with Gasteiger partial charge in [-0.2, -0.15) is 0 Å². The quantitative estimate of drug-likeness (QED) is 0.872. The first-order chi connectivity index (χ1) is 10.5. The van der Waals surface area contributed by atoms with E-state index in [4.69, 9.17) is 21.4 Å². The molecule has 2 atom stereocenters. The molecule has 1 aliphatic rings. The highest BCUT2D eigenvalue weighted by Crippen LogP contribution is 2.35. The van der Waals surface area contributed by atoms with Gasteiger partial charge < -0.3 is 19.8 Å². The van der Waals surface area contributed by atoms with Crippen LogP contribution in [0.3, 0.4) is 0 Å². The van der Waals surface area contributed by atoms with Gasteiger partial charge in [0.1, 0.15) is 0 Å². The van der Waals surface area contributed by atoms with Crippen LogP contribution in [0, 0.1) is 12.8 Å². The molecule has 0 radical (unpaired) electrons. The van der Waals surface area contributed by atoms with Gasteiger partial charge in [-0.15, -0.1) is 0 Å². The topological polar surface area (TPSA) is 70.0 Å². The molecule has 1 unspecified atom stereocenters. The predicted molar refractivity (Wildman–Crippen MR) is 84.3 cm³/mol. The molecule has 0 aromatic heterocycles. The highest BCUT2D eigenvalue weighted by molar-refractivity contribution is 6.30. The maximum absolute atomic E-state index is 11.2. The third kappa shape index (κ3) is 4.12. The number of hydrogen-bond acceptors (Lipinski definition) is 3. The summed E-state index contributed by atoms with van der Waals surface area (Å²) in [6.45, 7) is 3.16. The van der Waals surface area contributed by atoms with Crippen LogP contribution in [0.15, 0.2) is 18.2 Å². The predicted octanol–water partition coefficient (Wildman–Crippen LogP) is 3.09. The van der Waals surface area contributed by atoms with Gasteiger partial charge in [0.25, 0.3) is 0 Å². The zero-order chi connectivity index (χ0) is 16.1. The van der Waals surface area contributed by atoms with Crippen molar-refractivity contribution in [3.05, 3.63) is 34.3 Å². The number of carboxylic acid groups (broad SMARTS) is 1. The van der Waals surface area contributed by atoms with Crippen molar-refractivity contribution in [1.82, 2.24) is 4.90 Å². The van der Waals surface area contributed by atoms with E-state index in [1.807, 2.05) is 25.1 Å². The van der Waals surface area contributed by atoms with Gasteiger partial charge >= 0.3 is 6.09 Å². The number of benzene rings is 1. The third-order valence-corrected chi connectivity index (χ3v) is 4.32. The maximum atomic E-state index is 11.2. The van der Waals surface area contributed by atoms with Gasteiger partial charge in [0.15, 0.2) is 0 Å². The average molecular weight is 328 g/mol. The summed E-state index contributed by atoms with van der Waals surface area (Å²) in [6, 6.07) is 5.63. The SMILES string of the molecule is Cc1cc(Cl)ccc1[C@H](OCCO)C1CCCN(C(=O)O)C1. The Balaban J connectivity index is 2.23. The van der Waals surface area contributed by atoms with Crippen LogP contribution >= 0.6 is 11.6 Å². The van der Waals surface area contributed by atoms with Gasteiger partial charge in [0, 0.05) is 24.0 Å². The van der Waals surface area contributed by atoms with Crippen molar-refractivity contribution >= 4 is 17.7 Å². The van der Waals surface area contributed by atoms with Crippen molar-refractivity contribution in [2.75, 3.05) is 26.3 Å². The Hall–Kier alpha value is -1.30. The zero-order valence-corrected chi connectivity index (χ0v) is 13.4. The van der Waals surface area contributed by atoms with Crippen LogP contribution in [-0.2, 0) is 4.74 Å². The summed E-state index contributed by atoms with van der Waals surface area (Å²) in [4.78, 5) is 12.7. The Morgan fingerprint density at radius 1 is 1.55 bits per heavy atom.